The summed E-state index contributed by atoms with van der Waals surface area (Å²) >= 11 is 0. The summed E-state index contributed by atoms with van der Waals surface area (Å²) in [6.45, 7) is 2.41. The number of nitrogens with zero attached hydrogens (tertiary/aromatic N) is 5. The second-order valence-electron chi connectivity index (χ2n) is 10.2. The van der Waals surface area contributed by atoms with Crippen LogP contribution in [0.3, 0.4) is 0 Å². The van der Waals surface area contributed by atoms with Crippen molar-refractivity contribution in [3.8, 4) is 23.1 Å². The van der Waals surface area contributed by atoms with Crippen LogP contribution in [0.4, 0.5) is 29.2 Å². The van der Waals surface area contributed by atoms with Gasteiger partial charge in [0.05, 0.1) is 17.6 Å². The Morgan fingerprint density at radius 1 is 1.17 bits per heavy atom. The fourth-order valence-electron chi connectivity index (χ4n) is 6.12. The molecule has 0 radical (unpaired) electrons. The molecule has 3 N–H and O–H groups in total. The van der Waals surface area contributed by atoms with E-state index in [4.69, 9.17) is 10.7 Å². The lowest BCUT2D eigenvalue weighted by atomic mass is 9.87. The average Bonchev–Trinajstić information content (AvgIpc) is 3.62. The van der Waals surface area contributed by atoms with Gasteiger partial charge in [0.2, 0.25) is 0 Å². The number of amides is 1. The summed E-state index contributed by atoms with van der Waals surface area (Å²) in [5, 5.41) is 2.29. The van der Waals surface area contributed by atoms with Crippen LogP contribution in [-0.4, -0.2) is 42.7 Å². The van der Waals surface area contributed by atoms with E-state index in [1.807, 2.05) is 11.3 Å². The number of halogens is 4. The molecule has 2 aliphatic heterocycles. The number of alkyl halides is 3. The van der Waals surface area contributed by atoms with E-state index in [2.05, 4.69) is 32.0 Å². The van der Waals surface area contributed by atoms with Gasteiger partial charge in [0, 0.05) is 35.8 Å². The summed E-state index contributed by atoms with van der Waals surface area (Å²) in [7, 11) is 0. The minimum atomic E-state index is -4.60. The van der Waals surface area contributed by atoms with E-state index in [-0.39, 0.29) is 28.3 Å². The maximum Gasteiger partial charge on any atom is 0.416 e. The number of pyridine rings is 1. The molecule has 0 saturated carbocycles. The van der Waals surface area contributed by atoms with Crippen molar-refractivity contribution in [2.75, 3.05) is 17.6 Å². The molecule has 0 unspecified atom stereocenters. The van der Waals surface area contributed by atoms with Gasteiger partial charge in [-0.1, -0.05) is 5.92 Å². The number of nitrogens with one attached hydrogen (secondary N) is 1. The number of nitrogens with two attached hydrogens (primary N) is 1. The Morgan fingerprint density at radius 3 is 2.66 bits per heavy atom. The minimum Gasteiger partial charge on any atom is -0.382 e. The first kappa shape index (κ1) is 26.7. The number of anilines is 2. The van der Waals surface area contributed by atoms with Crippen LogP contribution in [0.5, 0.6) is 0 Å². The molecule has 1 aromatic carbocycles. The molecule has 2 fully saturated rings. The highest BCUT2D eigenvalue weighted by atomic mass is 19.4. The number of carbonyl (C=O) groups is 1. The second kappa shape index (κ2) is 9.85. The smallest absolute Gasteiger partial charge is 0.382 e. The molecule has 2 aliphatic rings. The van der Waals surface area contributed by atoms with Crippen molar-refractivity contribution in [2.24, 2.45) is 0 Å². The third-order valence-electron chi connectivity index (χ3n) is 8.01. The molecule has 2 bridgehead atoms. The summed E-state index contributed by atoms with van der Waals surface area (Å²) < 4.78 is 56.6. The third-order valence-corrected chi connectivity index (χ3v) is 8.01. The highest BCUT2D eigenvalue weighted by Crippen LogP contribution is 2.53. The highest BCUT2D eigenvalue weighted by molar-refractivity contribution is 6.04. The van der Waals surface area contributed by atoms with Crippen LogP contribution in [0, 0.1) is 17.7 Å². The molecule has 8 nitrogen and oxygen atoms in total. The number of rotatable bonds is 5. The van der Waals surface area contributed by atoms with Gasteiger partial charge in [-0.15, -0.1) is 5.92 Å². The van der Waals surface area contributed by atoms with Gasteiger partial charge in [0.1, 0.15) is 34.5 Å². The van der Waals surface area contributed by atoms with Gasteiger partial charge < -0.3 is 11.1 Å². The lowest BCUT2D eigenvalue weighted by Gasteiger charge is -2.32. The van der Waals surface area contributed by atoms with Crippen LogP contribution in [0.2, 0.25) is 0 Å². The minimum absolute atomic E-state index is 0.0994. The van der Waals surface area contributed by atoms with Gasteiger partial charge in [-0.25, -0.2) is 19.3 Å². The standard InChI is InChI=1S/C29H25F4N7O/c1-2-3-13-40-19-6-9-28(40,10-7-19)27-38-23(24-25(34)36-12-14-39(24)27)20-5-4-17(15-21(20)30)26(41)37-22-16-18(8-11-35-22)29(31,32)33/h4-5,8,11-12,14-16,19H,6-7,9-10,13H2,1H3,(H2,34,36)(H,35,37,41). The van der Waals surface area contributed by atoms with Gasteiger partial charge in [0.15, 0.2) is 0 Å². The number of nitrogen functional groups attached to an aromatic ring is 1. The summed E-state index contributed by atoms with van der Waals surface area (Å²) in [5.41, 5.74) is 5.72. The molecular formula is C29H25F4N7O. The normalized spacial score (nSPS) is 20.3. The summed E-state index contributed by atoms with van der Waals surface area (Å²) in [5.74, 6) is 5.22. The van der Waals surface area contributed by atoms with E-state index in [1.54, 1.807) is 12.4 Å². The van der Waals surface area contributed by atoms with Crippen molar-refractivity contribution in [1.29, 1.82) is 0 Å². The first-order valence-corrected chi connectivity index (χ1v) is 13.1. The number of carbonyl (C=O) groups excluding carboxylic acids is 1. The van der Waals surface area contributed by atoms with Crippen molar-refractivity contribution in [3.05, 3.63) is 71.7 Å². The van der Waals surface area contributed by atoms with Gasteiger partial charge in [-0.2, -0.15) is 13.2 Å². The third kappa shape index (κ3) is 4.46. The van der Waals surface area contributed by atoms with Crippen molar-refractivity contribution in [1.82, 2.24) is 24.3 Å². The number of aromatic nitrogens is 4. The molecular weight excluding hydrogens is 538 g/mol. The van der Waals surface area contributed by atoms with Crippen LogP contribution in [0.25, 0.3) is 16.8 Å². The van der Waals surface area contributed by atoms with Crippen molar-refractivity contribution >= 4 is 23.1 Å². The Morgan fingerprint density at radius 2 is 1.95 bits per heavy atom. The molecule has 12 heteroatoms. The molecule has 2 saturated heterocycles. The van der Waals surface area contributed by atoms with Crippen LogP contribution in [-0.2, 0) is 11.7 Å². The fraction of sp³-hybridized carbons (Fsp3) is 0.310. The number of hydrogen-bond donors (Lipinski definition) is 2. The van der Waals surface area contributed by atoms with Gasteiger partial charge in [-0.3, -0.25) is 14.1 Å². The monoisotopic (exact) mass is 563 g/mol. The molecule has 1 amide bonds. The Balaban J connectivity index is 1.37. The molecule has 0 aliphatic carbocycles. The Hall–Kier alpha value is -4.50. The first-order chi connectivity index (χ1) is 19.6. The fourth-order valence-corrected chi connectivity index (χ4v) is 6.12. The predicted octanol–water partition coefficient (Wildman–Crippen LogP) is 5.26. The quantitative estimate of drug-likeness (QED) is 0.254. The lowest BCUT2D eigenvalue weighted by Crippen LogP contribution is -2.40. The zero-order valence-electron chi connectivity index (χ0n) is 22.0. The number of imidazole rings is 1. The summed E-state index contributed by atoms with van der Waals surface area (Å²) in [6.07, 6.45) is 3.47. The molecule has 0 atom stereocenters. The van der Waals surface area contributed by atoms with E-state index in [0.717, 1.165) is 49.8 Å². The zero-order valence-corrected chi connectivity index (χ0v) is 22.0. The molecule has 3 aromatic heterocycles. The molecule has 6 rings (SSSR count). The maximum atomic E-state index is 15.6. The van der Waals surface area contributed by atoms with E-state index in [0.29, 0.717) is 29.9 Å². The number of fused-ring (bicyclic) bond motifs is 3. The maximum absolute atomic E-state index is 15.6. The van der Waals surface area contributed by atoms with E-state index in [9.17, 15) is 18.0 Å². The predicted molar refractivity (Wildman–Crippen MR) is 144 cm³/mol. The highest BCUT2D eigenvalue weighted by Gasteiger charge is 2.54. The van der Waals surface area contributed by atoms with Crippen LogP contribution >= 0.6 is 0 Å². The van der Waals surface area contributed by atoms with Crippen molar-refractivity contribution in [3.63, 3.8) is 0 Å². The zero-order chi connectivity index (χ0) is 28.9. The summed E-state index contributed by atoms with van der Waals surface area (Å²) in [6, 6.07) is 5.70. The summed E-state index contributed by atoms with van der Waals surface area (Å²) in [4.78, 5) is 28.1. The van der Waals surface area contributed by atoms with Gasteiger partial charge in [-0.05, 0) is 62.9 Å². The molecule has 0 spiro atoms. The molecule has 41 heavy (non-hydrogen) atoms. The van der Waals surface area contributed by atoms with Crippen molar-refractivity contribution < 1.29 is 22.4 Å². The van der Waals surface area contributed by atoms with Gasteiger partial charge in [0.25, 0.3) is 5.91 Å². The van der Waals surface area contributed by atoms with E-state index in [1.165, 1.54) is 12.1 Å². The van der Waals surface area contributed by atoms with Crippen molar-refractivity contribution in [2.45, 2.75) is 50.4 Å². The Kier molecular flexibility index (Phi) is 6.42. The lowest BCUT2D eigenvalue weighted by molar-refractivity contribution is -0.137. The van der Waals surface area contributed by atoms with Gasteiger partial charge >= 0.3 is 6.18 Å². The Labute approximate surface area is 232 Å². The van der Waals surface area contributed by atoms with E-state index >= 15 is 4.39 Å². The number of benzene rings is 1. The molecule has 210 valence electrons. The first-order valence-electron chi connectivity index (χ1n) is 13.1. The van der Waals surface area contributed by atoms with Crippen LogP contribution < -0.4 is 11.1 Å². The average molecular weight is 564 g/mol. The molecule has 5 heterocycles. The van der Waals surface area contributed by atoms with Crippen LogP contribution in [0.1, 0.15) is 54.4 Å². The second-order valence-corrected chi connectivity index (χ2v) is 10.2. The number of hydrogen-bond acceptors (Lipinski definition) is 6. The topological polar surface area (TPSA) is 101 Å². The SMILES string of the molecule is CC#CCN1C2CCC1(c1nc(-c3ccc(C(=O)Nc4cc(C(F)(F)F)ccn4)cc3F)c3c(N)nccn13)CC2. The van der Waals surface area contributed by atoms with E-state index < -0.39 is 23.5 Å². The van der Waals surface area contributed by atoms with Crippen LogP contribution in [0.15, 0.2) is 48.9 Å². The molecule has 4 aromatic rings. The Bertz CT molecular complexity index is 1730. The largest absolute Gasteiger partial charge is 0.416 e.